The van der Waals surface area contributed by atoms with Gasteiger partial charge in [0.25, 0.3) is 0 Å². The molecule has 0 saturated carbocycles. The Morgan fingerprint density at radius 2 is 2.26 bits per heavy atom. The van der Waals surface area contributed by atoms with Gasteiger partial charge in [-0.2, -0.15) is 0 Å². The van der Waals surface area contributed by atoms with Crippen molar-refractivity contribution in [3.05, 3.63) is 33.8 Å². The lowest BCUT2D eigenvalue weighted by atomic mass is 10.1. The van der Waals surface area contributed by atoms with E-state index >= 15 is 0 Å². The molecule has 1 fully saturated rings. The molecule has 1 saturated heterocycles. The zero-order valence-corrected chi connectivity index (χ0v) is 12.4. The molecule has 0 N–H and O–H groups in total. The monoisotopic (exact) mass is 301 g/mol. The van der Waals surface area contributed by atoms with E-state index in [1.807, 2.05) is 0 Å². The Balaban J connectivity index is 2.00. The molecule has 1 aliphatic rings. The van der Waals surface area contributed by atoms with Crippen LogP contribution in [0.1, 0.15) is 23.2 Å². The highest BCUT2D eigenvalue weighted by Gasteiger charge is 2.22. The number of methoxy groups -OCH3 is 1. The first-order valence-corrected chi connectivity index (χ1v) is 7.09. The number of hydrogen-bond acceptors (Lipinski definition) is 3. The second-order valence-electron chi connectivity index (χ2n) is 4.78. The Hall–Kier alpha value is -0.610. The number of carbonyl (C=O) groups excluding carboxylic acids is 1. The van der Waals surface area contributed by atoms with E-state index in [-0.39, 0.29) is 11.9 Å². The molecular weight excluding hydrogens is 285 g/mol. The highest BCUT2D eigenvalue weighted by Crippen LogP contribution is 2.22. The maximum atomic E-state index is 12.2. The Kier molecular flexibility index (Phi) is 5.22. The van der Waals surface area contributed by atoms with Crippen molar-refractivity contribution in [2.75, 3.05) is 26.7 Å². The summed E-state index contributed by atoms with van der Waals surface area (Å²) in [6, 6.07) is 4.98. The van der Waals surface area contributed by atoms with E-state index < -0.39 is 0 Å². The smallest absolute Gasteiger partial charge is 0.178 e. The van der Waals surface area contributed by atoms with Crippen LogP contribution >= 0.6 is 23.2 Å². The number of ketones is 1. The Morgan fingerprint density at radius 1 is 1.47 bits per heavy atom. The molecule has 1 unspecified atom stereocenters. The summed E-state index contributed by atoms with van der Waals surface area (Å²) in [5, 5.41) is 0.955. The third kappa shape index (κ3) is 3.93. The molecule has 0 radical (unpaired) electrons. The first-order chi connectivity index (χ1) is 9.10. The predicted octanol–water partition coefficient (Wildman–Crippen LogP) is 3.29. The first-order valence-electron chi connectivity index (χ1n) is 6.33. The van der Waals surface area contributed by atoms with Crippen LogP contribution in [0.4, 0.5) is 0 Å². The molecule has 0 bridgehead atoms. The van der Waals surface area contributed by atoms with Gasteiger partial charge in [-0.1, -0.05) is 23.2 Å². The number of likely N-dealkylation sites (tertiary alicyclic amines) is 1. The lowest BCUT2D eigenvalue weighted by Gasteiger charge is -2.31. The normalized spacial score (nSPS) is 20.5. The van der Waals surface area contributed by atoms with Crippen LogP contribution in [0.15, 0.2) is 18.2 Å². The fourth-order valence-corrected chi connectivity index (χ4v) is 2.87. The maximum absolute atomic E-state index is 12.2. The minimum absolute atomic E-state index is 0.0263. The van der Waals surface area contributed by atoms with Crippen LogP contribution < -0.4 is 0 Å². The molecule has 3 nitrogen and oxygen atoms in total. The van der Waals surface area contributed by atoms with Crippen LogP contribution in [0.2, 0.25) is 10.0 Å². The maximum Gasteiger partial charge on any atom is 0.178 e. The summed E-state index contributed by atoms with van der Waals surface area (Å²) in [6.45, 7) is 2.10. The van der Waals surface area contributed by atoms with Gasteiger partial charge in [0.15, 0.2) is 5.78 Å². The zero-order chi connectivity index (χ0) is 13.8. The van der Waals surface area contributed by atoms with Crippen molar-refractivity contribution >= 4 is 29.0 Å². The molecule has 0 aliphatic carbocycles. The van der Waals surface area contributed by atoms with Gasteiger partial charge in [0, 0.05) is 24.2 Å². The van der Waals surface area contributed by atoms with Gasteiger partial charge in [-0.25, -0.2) is 0 Å². The van der Waals surface area contributed by atoms with Crippen molar-refractivity contribution in [2.45, 2.75) is 18.9 Å². The molecule has 0 aromatic heterocycles. The predicted molar refractivity (Wildman–Crippen MR) is 77.3 cm³/mol. The van der Waals surface area contributed by atoms with Gasteiger partial charge in [0.1, 0.15) is 0 Å². The standard InChI is InChI=1S/C14H17Cl2NO2/c1-19-11-3-2-6-17(8-11)9-14(18)12-5-4-10(15)7-13(12)16/h4-5,7,11H,2-3,6,8-9H2,1H3. The number of carbonyl (C=O) groups is 1. The van der Waals surface area contributed by atoms with Crippen molar-refractivity contribution < 1.29 is 9.53 Å². The van der Waals surface area contributed by atoms with Crippen LogP contribution in [0.3, 0.4) is 0 Å². The molecule has 1 aromatic carbocycles. The number of hydrogen-bond donors (Lipinski definition) is 0. The number of Topliss-reactive ketones (excluding diaryl/α,β-unsaturated/α-hetero) is 1. The number of ether oxygens (including phenoxy) is 1. The van der Waals surface area contributed by atoms with Gasteiger partial charge < -0.3 is 4.74 Å². The molecule has 5 heteroatoms. The van der Waals surface area contributed by atoms with E-state index in [0.29, 0.717) is 22.2 Å². The fraction of sp³-hybridized carbons (Fsp3) is 0.500. The topological polar surface area (TPSA) is 29.5 Å². The minimum atomic E-state index is 0.0263. The summed E-state index contributed by atoms with van der Waals surface area (Å²) in [6.07, 6.45) is 2.34. The molecule has 19 heavy (non-hydrogen) atoms. The average Bonchev–Trinajstić information content (AvgIpc) is 2.38. The van der Waals surface area contributed by atoms with Gasteiger partial charge in [-0.3, -0.25) is 9.69 Å². The van der Waals surface area contributed by atoms with Crippen LogP contribution in [0.5, 0.6) is 0 Å². The van der Waals surface area contributed by atoms with Crippen molar-refractivity contribution in [1.82, 2.24) is 4.90 Å². The van der Waals surface area contributed by atoms with Gasteiger partial charge >= 0.3 is 0 Å². The SMILES string of the molecule is COC1CCCN(CC(=O)c2ccc(Cl)cc2Cl)C1. The van der Waals surface area contributed by atoms with Crippen LogP contribution in [0, 0.1) is 0 Å². The quantitative estimate of drug-likeness (QED) is 0.799. The number of halogens is 2. The highest BCUT2D eigenvalue weighted by atomic mass is 35.5. The van der Waals surface area contributed by atoms with Crippen LogP contribution in [-0.2, 0) is 4.74 Å². The summed E-state index contributed by atoms with van der Waals surface area (Å²) < 4.78 is 5.35. The van der Waals surface area contributed by atoms with E-state index in [1.54, 1.807) is 25.3 Å². The van der Waals surface area contributed by atoms with E-state index in [0.717, 1.165) is 25.9 Å². The van der Waals surface area contributed by atoms with Gasteiger partial charge in [-0.05, 0) is 37.6 Å². The molecule has 0 spiro atoms. The van der Waals surface area contributed by atoms with E-state index in [2.05, 4.69) is 4.90 Å². The Morgan fingerprint density at radius 3 is 2.95 bits per heavy atom. The summed E-state index contributed by atoms with van der Waals surface area (Å²) >= 11 is 11.9. The molecule has 1 atom stereocenters. The van der Waals surface area contributed by atoms with Crippen molar-refractivity contribution in [1.29, 1.82) is 0 Å². The molecule has 2 rings (SSSR count). The van der Waals surface area contributed by atoms with E-state index in [9.17, 15) is 4.79 Å². The van der Waals surface area contributed by atoms with Crippen LogP contribution in [-0.4, -0.2) is 43.5 Å². The van der Waals surface area contributed by atoms with Crippen molar-refractivity contribution in [3.8, 4) is 0 Å². The largest absolute Gasteiger partial charge is 0.380 e. The van der Waals surface area contributed by atoms with Gasteiger partial charge in [0.05, 0.1) is 17.7 Å². The Labute approximate surface area is 123 Å². The zero-order valence-electron chi connectivity index (χ0n) is 10.9. The molecule has 0 amide bonds. The number of piperidine rings is 1. The molecule has 1 heterocycles. The van der Waals surface area contributed by atoms with Crippen molar-refractivity contribution in [2.24, 2.45) is 0 Å². The first kappa shape index (κ1) is 14.8. The summed E-state index contributed by atoms with van der Waals surface area (Å²) in [7, 11) is 1.71. The summed E-state index contributed by atoms with van der Waals surface area (Å²) in [5.41, 5.74) is 0.533. The number of rotatable bonds is 4. The van der Waals surface area contributed by atoms with Crippen LogP contribution in [0.25, 0.3) is 0 Å². The summed E-state index contributed by atoms with van der Waals surface area (Å²) in [4.78, 5) is 14.3. The van der Waals surface area contributed by atoms with Gasteiger partial charge in [0.2, 0.25) is 0 Å². The van der Waals surface area contributed by atoms with Gasteiger partial charge in [-0.15, -0.1) is 0 Å². The fourth-order valence-electron chi connectivity index (χ4n) is 2.35. The minimum Gasteiger partial charge on any atom is -0.380 e. The molecule has 1 aliphatic heterocycles. The second-order valence-corrected chi connectivity index (χ2v) is 5.63. The third-order valence-electron chi connectivity index (χ3n) is 3.39. The molecule has 104 valence electrons. The molecular formula is C14H17Cl2NO2. The summed E-state index contributed by atoms with van der Waals surface area (Å²) in [5.74, 6) is 0.0263. The highest BCUT2D eigenvalue weighted by molar-refractivity contribution is 6.36. The Bertz CT molecular complexity index is 465. The average molecular weight is 302 g/mol. The lowest BCUT2D eigenvalue weighted by molar-refractivity contribution is 0.0314. The van der Waals surface area contributed by atoms with E-state index in [4.69, 9.17) is 27.9 Å². The third-order valence-corrected chi connectivity index (χ3v) is 3.94. The number of benzene rings is 1. The lowest BCUT2D eigenvalue weighted by Crippen LogP contribution is -2.41. The van der Waals surface area contributed by atoms with Crippen molar-refractivity contribution in [3.63, 3.8) is 0 Å². The van der Waals surface area contributed by atoms with E-state index in [1.165, 1.54) is 0 Å². The molecule has 1 aromatic rings. The second kappa shape index (κ2) is 6.71. The number of nitrogens with zero attached hydrogens (tertiary/aromatic N) is 1.